The summed E-state index contributed by atoms with van der Waals surface area (Å²) < 4.78 is 6.81. The lowest BCUT2D eigenvalue weighted by molar-refractivity contribution is 0.630. The fourth-order valence-electron chi connectivity index (χ4n) is 12.7. The van der Waals surface area contributed by atoms with E-state index in [0.29, 0.717) is 5.82 Å². The summed E-state index contributed by atoms with van der Waals surface area (Å²) in [6.07, 6.45) is 0. The van der Waals surface area contributed by atoms with Crippen molar-refractivity contribution in [3.63, 3.8) is 0 Å². The summed E-state index contributed by atoms with van der Waals surface area (Å²) in [6, 6.07) is 88.8. The molecule has 0 saturated carbocycles. The molecule has 0 aliphatic heterocycles. The summed E-state index contributed by atoms with van der Waals surface area (Å²) in [4.78, 5) is 10.3. The number of hydrogen-bond acceptors (Lipinski definition) is 3. The van der Waals surface area contributed by atoms with Gasteiger partial charge in [0.25, 0.3) is 0 Å². The van der Waals surface area contributed by atoms with Crippen LogP contribution in [0.1, 0.15) is 44.5 Å². The van der Waals surface area contributed by atoms with E-state index in [2.05, 4.69) is 218 Å². The number of furan rings is 1. The van der Waals surface area contributed by atoms with Crippen LogP contribution in [-0.4, -0.2) is 9.97 Å². The van der Waals surface area contributed by atoms with Crippen molar-refractivity contribution in [2.45, 2.75) is 10.8 Å². The molecule has 69 heavy (non-hydrogen) atoms. The van der Waals surface area contributed by atoms with Crippen molar-refractivity contribution in [3.05, 3.63) is 287 Å². The number of nitrogens with zero attached hydrogens (tertiary/aromatic N) is 2. The second-order valence-electron chi connectivity index (χ2n) is 18.7. The van der Waals surface area contributed by atoms with E-state index in [1.54, 1.807) is 0 Å². The van der Waals surface area contributed by atoms with Gasteiger partial charge in [-0.25, -0.2) is 9.97 Å². The van der Waals surface area contributed by atoms with Gasteiger partial charge in [-0.2, -0.15) is 0 Å². The van der Waals surface area contributed by atoms with E-state index >= 15 is 0 Å². The van der Waals surface area contributed by atoms with Gasteiger partial charge in [-0.15, -0.1) is 0 Å². The quantitative estimate of drug-likeness (QED) is 0.177. The monoisotopic (exact) mass is 876 g/mol. The van der Waals surface area contributed by atoms with Crippen molar-refractivity contribution in [3.8, 4) is 67.3 Å². The Morgan fingerprint density at radius 2 is 0.754 bits per heavy atom. The Morgan fingerprint density at radius 3 is 1.39 bits per heavy atom. The zero-order valence-electron chi connectivity index (χ0n) is 37.4. The van der Waals surface area contributed by atoms with E-state index in [9.17, 15) is 0 Å². The average Bonchev–Trinajstić information content (AvgIpc) is 4.05. The maximum atomic E-state index is 6.81. The van der Waals surface area contributed by atoms with Crippen LogP contribution in [0.4, 0.5) is 0 Å². The first-order chi connectivity index (χ1) is 34.2. The predicted octanol–water partition coefficient (Wildman–Crippen LogP) is 16.1. The molecule has 0 fully saturated rings. The second-order valence-corrected chi connectivity index (χ2v) is 18.7. The van der Waals surface area contributed by atoms with Gasteiger partial charge in [-0.05, 0) is 102 Å². The Hall–Kier alpha value is -8.92. The first-order valence-electron chi connectivity index (χ1n) is 23.8. The van der Waals surface area contributed by atoms with Gasteiger partial charge >= 0.3 is 0 Å². The maximum Gasteiger partial charge on any atom is 0.160 e. The molecule has 0 unspecified atom stereocenters. The minimum Gasteiger partial charge on any atom is -0.456 e. The lowest BCUT2D eigenvalue weighted by atomic mass is 9.52. The Labute approximate surface area is 399 Å². The van der Waals surface area contributed by atoms with Crippen molar-refractivity contribution < 1.29 is 4.42 Å². The molecule has 320 valence electrons. The Balaban J connectivity index is 1.00. The van der Waals surface area contributed by atoms with Crippen molar-refractivity contribution in [2.24, 2.45) is 0 Å². The minimum absolute atomic E-state index is 0.538. The smallest absolute Gasteiger partial charge is 0.160 e. The normalized spacial score (nSPS) is 14.0. The molecule has 3 aliphatic rings. The van der Waals surface area contributed by atoms with Crippen LogP contribution in [0.2, 0.25) is 0 Å². The van der Waals surface area contributed by atoms with Crippen LogP contribution in [0.15, 0.2) is 247 Å². The summed E-state index contributed by atoms with van der Waals surface area (Å²) in [5.74, 6) is 0.704. The van der Waals surface area contributed by atoms with Crippen molar-refractivity contribution in [1.82, 2.24) is 9.97 Å². The topological polar surface area (TPSA) is 38.9 Å². The Bertz CT molecular complexity index is 3920. The summed E-state index contributed by atoms with van der Waals surface area (Å²) in [6.45, 7) is 0. The lowest BCUT2D eigenvalue weighted by Crippen LogP contribution is -2.44. The number of rotatable bonds is 4. The van der Waals surface area contributed by atoms with Gasteiger partial charge in [-0.1, -0.05) is 218 Å². The molecule has 0 bridgehead atoms. The molecule has 15 rings (SSSR count). The van der Waals surface area contributed by atoms with Crippen molar-refractivity contribution >= 4 is 21.9 Å². The molecule has 2 heterocycles. The fourth-order valence-corrected chi connectivity index (χ4v) is 12.7. The third-order valence-electron chi connectivity index (χ3n) is 15.4. The third-order valence-corrected chi connectivity index (χ3v) is 15.4. The van der Waals surface area contributed by atoms with Gasteiger partial charge in [0.15, 0.2) is 5.82 Å². The first-order valence-corrected chi connectivity index (χ1v) is 23.8. The highest BCUT2D eigenvalue weighted by molar-refractivity contribution is 6.09. The molecule has 3 heteroatoms. The number of aromatic nitrogens is 2. The van der Waals surface area contributed by atoms with Gasteiger partial charge in [0.05, 0.1) is 22.2 Å². The second kappa shape index (κ2) is 14.3. The summed E-state index contributed by atoms with van der Waals surface area (Å²) in [5, 5.41) is 2.26. The molecule has 0 atom stereocenters. The standard InChI is InChI=1S/C66H40N2O/c1-3-18-42(19-4-1)59-40-60(68-64(67-59)44-20-5-2-6-21-44)43-36-34-41(35-37-43)45-25-17-26-49-50-38-51-48-24-9-16-33-61(48)69-62(51)39-58(50)66(63(45)49)56-31-14-12-29-54(56)65(55-30-13-15-32-57(55)66)52-27-10-7-22-46(52)47-23-8-11-28-53(47)65/h1-40H. The van der Waals surface area contributed by atoms with E-state index < -0.39 is 10.8 Å². The van der Waals surface area contributed by atoms with Gasteiger partial charge in [0.1, 0.15) is 11.2 Å². The summed E-state index contributed by atoms with van der Waals surface area (Å²) in [7, 11) is 0. The van der Waals surface area contributed by atoms with Crippen LogP contribution in [0, 0.1) is 0 Å². The first kappa shape index (κ1) is 38.2. The van der Waals surface area contributed by atoms with Gasteiger partial charge in [0, 0.05) is 27.5 Å². The molecule has 3 nitrogen and oxygen atoms in total. The molecule has 2 aromatic heterocycles. The van der Waals surface area contributed by atoms with Crippen molar-refractivity contribution in [2.75, 3.05) is 0 Å². The van der Waals surface area contributed by atoms with Crippen LogP contribution in [0.25, 0.3) is 89.2 Å². The average molecular weight is 877 g/mol. The molecule has 3 aliphatic carbocycles. The zero-order valence-corrected chi connectivity index (χ0v) is 37.4. The van der Waals surface area contributed by atoms with E-state index in [0.717, 1.165) is 55.6 Å². The number of hydrogen-bond donors (Lipinski definition) is 0. The molecule has 12 aromatic rings. The Kier molecular flexibility index (Phi) is 7.92. The van der Waals surface area contributed by atoms with E-state index in [4.69, 9.17) is 14.4 Å². The molecule has 0 radical (unpaired) electrons. The van der Waals surface area contributed by atoms with Gasteiger partial charge in [-0.3, -0.25) is 0 Å². The maximum absolute atomic E-state index is 6.81. The van der Waals surface area contributed by atoms with Gasteiger partial charge in [0.2, 0.25) is 0 Å². The summed E-state index contributed by atoms with van der Waals surface area (Å²) >= 11 is 0. The zero-order chi connectivity index (χ0) is 45.3. The largest absolute Gasteiger partial charge is 0.456 e. The lowest BCUT2D eigenvalue weighted by Gasteiger charge is -2.49. The minimum atomic E-state index is -0.708. The van der Waals surface area contributed by atoms with E-state index in [-0.39, 0.29) is 0 Å². The number of benzene rings is 10. The fraction of sp³-hybridized carbons (Fsp3) is 0.0303. The molecular weight excluding hydrogens is 837 g/mol. The van der Waals surface area contributed by atoms with Crippen LogP contribution < -0.4 is 0 Å². The SMILES string of the molecule is c1ccc(-c2cc(-c3ccc(-c4cccc5c4C4(c6cc7oc8ccccc8c7cc6-5)c5ccccc5C5(c6ccccc6-c6ccccc65)c5ccccc54)cc3)nc(-c3ccccc3)n2)cc1. The van der Waals surface area contributed by atoms with Crippen LogP contribution in [0.3, 0.4) is 0 Å². The number of para-hydroxylation sites is 1. The highest BCUT2D eigenvalue weighted by atomic mass is 16.3. The van der Waals surface area contributed by atoms with Crippen LogP contribution in [0.5, 0.6) is 0 Å². The molecule has 10 aromatic carbocycles. The van der Waals surface area contributed by atoms with Crippen LogP contribution >= 0.6 is 0 Å². The molecule has 0 N–H and O–H groups in total. The van der Waals surface area contributed by atoms with E-state index in [1.807, 2.05) is 24.3 Å². The highest BCUT2D eigenvalue weighted by Crippen LogP contribution is 2.68. The van der Waals surface area contributed by atoms with Crippen LogP contribution in [-0.2, 0) is 10.8 Å². The number of fused-ring (bicyclic) bond motifs is 19. The highest BCUT2D eigenvalue weighted by Gasteiger charge is 2.59. The third kappa shape index (κ3) is 5.11. The molecular formula is C66H40N2O. The Morgan fingerprint density at radius 1 is 0.275 bits per heavy atom. The molecule has 0 amide bonds. The van der Waals surface area contributed by atoms with E-state index in [1.165, 1.54) is 72.3 Å². The van der Waals surface area contributed by atoms with Gasteiger partial charge < -0.3 is 4.42 Å². The van der Waals surface area contributed by atoms with Crippen molar-refractivity contribution in [1.29, 1.82) is 0 Å². The predicted molar refractivity (Wildman–Crippen MR) is 279 cm³/mol. The molecule has 0 saturated heterocycles. The molecule has 2 spiro atoms. The summed E-state index contributed by atoms with van der Waals surface area (Å²) in [5.41, 5.74) is 23.2.